The summed E-state index contributed by atoms with van der Waals surface area (Å²) in [7, 11) is -3.88. The lowest BCUT2D eigenvalue weighted by atomic mass is 10.3. The Kier molecular flexibility index (Phi) is 2.28. The van der Waals surface area contributed by atoms with E-state index in [0.717, 1.165) is 0 Å². The van der Waals surface area contributed by atoms with Gasteiger partial charge in [-0.1, -0.05) is 6.07 Å². The highest BCUT2D eigenvalue weighted by molar-refractivity contribution is 7.89. The average Bonchev–Trinajstić information content (AvgIpc) is 2.58. The van der Waals surface area contributed by atoms with Crippen molar-refractivity contribution >= 4 is 26.9 Å². The number of primary sulfonamides is 1. The Morgan fingerprint density at radius 2 is 2.12 bits per heavy atom. The smallest absolute Gasteiger partial charge is 0.263 e. The molecule has 1 aromatic heterocycles. The van der Waals surface area contributed by atoms with Crippen molar-refractivity contribution in [1.82, 2.24) is 4.98 Å². The zero-order chi connectivity index (χ0) is 11.9. The summed E-state index contributed by atoms with van der Waals surface area (Å²) in [5, 5.41) is 5.01. The molecular weight excluding hydrogens is 232 g/mol. The van der Waals surface area contributed by atoms with Crippen LogP contribution in [0.15, 0.2) is 27.5 Å². The van der Waals surface area contributed by atoms with E-state index in [4.69, 9.17) is 9.56 Å². The van der Waals surface area contributed by atoms with Crippen LogP contribution in [0.3, 0.4) is 0 Å². The van der Waals surface area contributed by atoms with Crippen molar-refractivity contribution < 1.29 is 17.6 Å². The summed E-state index contributed by atoms with van der Waals surface area (Å²) in [6.07, 6.45) is 0. The van der Waals surface area contributed by atoms with E-state index >= 15 is 0 Å². The molecule has 1 aromatic carbocycles. The topological polar surface area (TPSA) is 103 Å². The summed E-state index contributed by atoms with van der Waals surface area (Å²) in [4.78, 5) is 14.7. The highest BCUT2D eigenvalue weighted by atomic mass is 32.2. The summed E-state index contributed by atoms with van der Waals surface area (Å²) in [6.45, 7) is 1.28. The van der Waals surface area contributed by atoms with Gasteiger partial charge in [0.05, 0.1) is 0 Å². The molecule has 6 nitrogen and oxygen atoms in total. The van der Waals surface area contributed by atoms with Gasteiger partial charge in [0, 0.05) is 6.92 Å². The molecule has 0 unspecified atom stereocenters. The molecule has 2 N–H and O–H groups in total. The van der Waals surface area contributed by atoms with Crippen LogP contribution in [0.5, 0.6) is 0 Å². The van der Waals surface area contributed by atoms with E-state index in [1.807, 2.05) is 0 Å². The monoisotopic (exact) mass is 240 g/mol. The zero-order valence-corrected chi connectivity index (χ0v) is 9.11. The molecule has 0 saturated carbocycles. The Labute approximate surface area is 91.1 Å². The van der Waals surface area contributed by atoms with Gasteiger partial charge in [-0.05, 0) is 12.1 Å². The Bertz CT molecular complexity index is 672. The second-order valence-electron chi connectivity index (χ2n) is 3.22. The summed E-state index contributed by atoms with van der Waals surface area (Å²) in [5.41, 5.74) is 0.298. The van der Waals surface area contributed by atoms with Crippen LogP contribution in [-0.2, 0) is 10.0 Å². The number of para-hydroxylation sites is 1. The standard InChI is InChI=1S/C9H8N2O4S/c1-5(12)9-11-8-6(15-9)3-2-4-7(8)16(10,13)14/h2-4H,1H3,(H2,10,13,14). The molecule has 0 amide bonds. The van der Waals surface area contributed by atoms with Crippen LogP contribution in [0.25, 0.3) is 11.1 Å². The first-order valence-corrected chi connectivity index (χ1v) is 5.87. The normalized spacial score (nSPS) is 11.9. The number of sulfonamides is 1. The number of aromatic nitrogens is 1. The van der Waals surface area contributed by atoms with Crippen molar-refractivity contribution in [3.63, 3.8) is 0 Å². The van der Waals surface area contributed by atoms with Gasteiger partial charge in [0.2, 0.25) is 15.8 Å². The number of carbonyl (C=O) groups is 1. The van der Waals surface area contributed by atoms with Gasteiger partial charge in [0.15, 0.2) is 5.58 Å². The van der Waals surface area contributed by atoms with Crippen LogP contribution in [0, 0.1) is 0 Å². The second kappa shape index (κ2) is 3.39. The van der Waals surface area contributed by atoms with Crippen LogP contribution >= 0.6 is 0 Å². The molecule has 2 rings (SSSR count). The van der Waals surface area contributed by atoms with Gasteiger partial charge in [0.25, 0.3) is 5.89 Å². The van der Waals surface area contributed by atoms with E-state index in [0.29, 0.717) is 0 Å². The number of hydrogen-bond donors (Lipinski definition) is 1. The number of rotatable bonds is 2. The number of nitrogens with zero attached hydrogens (tertiary/aromatic N) is 1. The molecule has 0 aliphatic rings. The fraction of sp³-hybridized carbons (Fsp3) is 0.111. The highest BCUT2D eigenvalue weighted by Gasteiger charge is 2.18. The molecule has 0 aliphatic heterocycles. The van der Waals surface area contributed by atoms with Crippen molar-refractivity contribution in [2.75, 3.05) is 0 Å². The van der Waals surface area contributed by atoms with Gasteiger partial charge in [0.1, 0.15) is 10.4 Å². The van der Waals surface area contributed by atoms with Crippen LogP contribution < -0.4 is 5.14 Å². The predicted molar refractivity (Wildman–Crippen MR) is 55.4 cm³/mol. The van der Waals surface area contributed by atoms with Gasteiger partial charge < -0.3 is 4.42 Å². The quantitative estimate of drug-likeness (QED) is 0.777. The van der Waals surface area contributed by atoms with Crippen molar-refractivity contribution in [2.24, 2.45) is 5.14 Å². The van der Waals surface area contributed by atoms with E-state index in [-0.39, 0.29) is 27.7 Å². The van der Waals surface area contributed by atoms with Crippen LogP contribution in [0.1, 0.15) is 17.6 Å². The third-order valence-electron chi connectivity index (χ3n) is 1.99. The van der Waals surface area contributed by atoms with Gasteiger partial charge >= 0.3 is 0 Å². The number of benzene rings is 1. The van der Waals surface area contributed by atoms with Gasteiger partial charge in [-0.25, -0.2) is 18.5 Å². The van der Waals surface area contributed by atoms with Crippen LogP contribution in [-0.4, -0.2) is 19.2 Å². The Balaban J connectivity index is 2.83. The molecule has 0 atom stereocenters. The number of fused-ring (bicyclic) bond motifs is 1. The van der Waals surface area contributed by atoms with Crippen molar-refractivity contribution in [3.8, 4) is 0 Å². The average molecular weight is 240 g/mol. The maximum atomic E-state index is 11.2. The summed E-state index contributed by atoms with van der Waals surface area (Å²) < 4.78 is 27.6. The Morgan fingerprint density at radius 3 is 2.69 bits per heavy atom. The lowest BCUT2D eigenvalue weighted by Crippen LogP contribution is -2.12. The zero-order valence-electron chi connectivity index (χ0n) is 8.30. The molecule has 2 aromatic rings. The molecule has 0 aliphatic carbocycles. The molecule has 84 valence electrons. The van der Waals surface area contributed by atoms with Crippen LogP contribution in [0.2, 0.25) is 0 Å². The second-order valence-corrected chi connectivity index (χ2v) is 4.75. The Morgan fingerprint density at radius 1 is 1.44 bits per heavy atom. The largest absolute Gasteiger partial charge is 0.434 e. The van der Waals surface area contributed by atoms with E-state index in [1.54, 1.807) is 0 Å². The first-order valence-electron chi connectivity index (χ1n) is 4.33. The third-order valence-corrected chi connectivity index (χ3v) is 2.93. The van der Waals surface area contributed by atoms with Gasteiger partial charge in [-0.15, -0.1) is 0 Å². The molecule has 0 radical (unpaired) electrons. The first kappa shape index (κ1) is 10.8. The van der Waals surface area contributed by atoms with Crippen molar-refractivity contribution in [1.29, 1.82) is 0 Å². The fourth-order valence-electron chi connectivity index (χ4n) is 1.30. The maximum Gasteiger partial charge on any atom is 0.263 e. The van der Waals surface area contributed by atoms with Crippen molar-refractivity contribution in [2.45, 2.75) is 11.8 Å². The Hall–Kier alpha value is -1.73. The molecule has 0 spiro atoms. The van der Waals surface area contributed by atoms with Gasteiger partial charge in [-0.3, -0.25) is 4.79 Å². The minimum absolute atomic E-state index is 0.0789. The lowest BCUT2D eigenvalue weighted by Gasteiger charge is -1.96. The summed E-state index contributed by atoms with van der Waals surface area (Å²) in [5.74, 6) is -0.511. The predicted octanol–water partition coefficient (Wildman–Crippen LogP) is 0.678. The number of Topliss-reactive ketones (excluding diaryl/α,β-unsaturated/α-hetero) is 1. The molecule has 0 fully saturated rings. The fourth-order valence-corrected chi connectivity index (χ4v) is 1.99. The molecule has 0 saturated heterocycles. The molecule has 0 bridgehead atoms. The van der Waals surface area contributed by atoms with E-state index in [9.17, 15) is 13.2 Å². The lowest BCUT2D eigenvalue weighted by molar-refractivity contribution is 0.0983. The molecule has 7 heteroatoms. The van der Waals surface area contributed by atoms with Crippen LogP contribution in [0.4, 0.5) is 0 Å². The first-order chi connectivity index (χ1) is 7.39. The van der Waals surface area contributed by atoms with E-state index in [2.05, 4.69) is 4.98 Å². The van der Waals surface area contributed by atoms with Gasteiger partial charge in [-0.2, -0.15) is 0 Å². The number of carbonyl (C=O) groups excluding carboxylic acids is 1. The minimum Gasteiger partial charge on any atom is -0.434 e. The van der Waals surface area contributed by atoms with E-state index in [1.165, 1.54) is 25.1 Å². The molecule has 1 heterocycles. The minimum atomic E-state index is -3.88. The number of ketones is 1. The van der Waals surface area contributed by atoms with E-state index < -0.39 is 10.0 Å². The number of nitrogens with two attached hydrogens (primary N) is 1. The molecular formula is C9H8N2O4S. The number of oxazole rings is 1. The summed E-state index contributed by atoms with van der Waals surface area (Å²) in [6, 6.07) is 4.30. The molecule has 16 heavy (non-hydrogen) atoms. The number of hydrogen-bond acceptors (Lipinski definition) is 5. The third kappa shape index (κ3) is 1.70. The maximum absolute atomic E-state index is 11.2. The summed E-state index contributed by atoms with van der Waals surface area (Å²) >= 11 is 0. The van der Waals surface area contributed by atoms with Crippen molar-refractivity contribution in [3.05, 3.63) is 24.1 Å². The highest BCUT2D eigenvalue weighted by Crippen LogP contribution is 2.22. The SMILES string of the molecule is CC(=O)c1nc2c(S(N)(=O)=O)cccc2o1.